The lowest BCUT2D eigenvalue weighted by molar-refractivity contribution is -0.136. The van der Waals surface area contributed by atoms with Gasteiger partial charge in [0.15, 0.2) is 0 Å². The minimum absolute atomic E-state index is 0.0110. The number of halogens is 2. The van der Waals surface area contributed by atoms with Crippen LogP contribution in [0.15, 0.2) is 41.7 Å². The predicted molar refractivity (Wildman–Crippen MR) is 137 cm³/mol. The minimum atomic E-state index is -0.553. The first-order valence-corrected chi connectivity index (χ1v) is 12.2. The number of pyridine rings is 1. The van der Waals surface area contributed by atoms with Crippen molar-refractivity contribution < 1.29 is 28.6 Å². The second kappa shape index (κ2) is 12.2. The quantitative estimate of drug-likeness (QED) is 0.410. The Bertz CT molecular complexity index is 1190. The monoisotopic (exact) mass is 534 g/mol. The van der Waals surface area contributed by atoms with Crippen molar-refractivity contribution in [2.75, 3.05) is 19.1 Å². The zero-order valence-corrected chi connectivity index (χ0v) is 22.1. The fraction of sp³-hybridized carbons (Fsp3) is 0.385. The van der Waals surface area contributed by atoms with Gasteiger partial charge in [-0.2, -0.15) is 0 Å². The SMILES string of the molecule is COC(=O)C1=C(C(=O)N(Cc2cncc(C(=O)OC)c2)c2cc(OC(C)C)c(Cl)cc2Cl)CCCC1. The number of methoxy groups -OCH3 is 2. The highest BCUT2D eigenvalue weighted by molar-refractivity contribution is 6.37. The van der Waals surface area contributed by atoms with E-state index in [1.165, 1.54) is 31.4 Å². The first kappa shape index (κ1) is 27.5. The van der Waals surface area contributed by atoms with Gasteiger partial charge in [0.2, 0.25) is 0 Å². The van der Waals surface area contributed by atoms with Crippen LogP contribution >= 0.6 is 23.2 Å². The van der Waals surface area contributed by atoms with Crippen LogP contribution in [0.25, 0.3) is 0 Å². The number of rotatable bonds is 8. The standard InChI is InChI=1S/C26H28Cl2N2O6/c1-15(2)36-23-11-22(20(27)10-21(23)28)30(14-16-9-17(13-29-12-16)25(32)34-3)24(31)18-7-5-6-8-19(18)26(33)35-4/h9-13,15H,5-8,14H2,1-4H3. The lowest BCUT2D eigenvalue weighted by Crippen LogP contribution is -2.34. The summed E-state index contributed by atoms with van der Waals surface area (Å²) < 4.78 is 15.5. The van der Waals surface area contributed by atoms with Gasteiger partial charge < -0.3 is 19.1 Å². The molecule has 0 saturated heterocycles. The molecule has 10 heteroatoms. The van der Waals surface area contributed by atoms with Crippen molar-refractivity contribution in [3.63, 3.8) is 0 Å². The van der Waals surface area contributed by atoms with E-state index < -0.39 is 17.8 Å². The van der Waals surface area contributed by atoms with Crippen molar-refractivity contribution >= 4 is 46.7 Å². The second-order valence-corrected chi connectivity index (χ2v) is 9.34. The Hall–Kier alpha value is -3.10. The number of carbonyl (C=O) groups is 3. The van der Waals surface area contributed by atoms with Crippen molar-refractivity contribution in [3.8, 4) is 5.75 Å². The summed E-state index contributed by atoms with van der Waals surface area (Å²) in [7, 11) is 2.57. The van der Waals surface area contributed by atoms with Crippen LogP contribution in [0.2, 0.25) is 10.0 Å². The number of hydrogen-bond donors (Lipinski definition) is 0. The Balaban J connectivity index is 2.15. The van der Waals surface area contributed by atoms with Gasteiger partial charge >= 0.3 is 11.9 Å². The highest BCUT2D eigenvalue weighted by Crippen LogP contribution is 2.39. The summed E-state index contributed by atoms with van der Waals surface area (Å²) in [6, 6.07) is 4.70. The zero-order valence-electron chi connectivity index (χ0n) is 20.6. The zero-order chi connectivity index (χ0) is 26.4. The molecule has 2 aromatic rings. The number of anilines is 1. The number of nitrogens with zero attached hydrogens (tertiary/aromatic N) is 2. The maximum Gasteiger partial charge on any atom is 0.339 e. The first-order chi connectivity index (χ1) is 17.2. The van der Waals surface area contributed by atoms with E-state index in [2.05, 4.69) is 4.98 Å². The molecule has 0 bridgehead atoms. The van der Waals surface area contributed by atoms with Crippen molar-refractivity contribution in [2.45, 2.75) is 52.2 Å². The van der Waals surface area contributed by atoms with Gasteiger partial charge in [-0.15, -0.1) is 0 Å². The summed E-state index contributed by atoms with van der Waals surface area (Å²) in [5, 5.41) is 0.518. The van der Waals surface area contributed by atoms with E-state index in [1.807, 2.05) is 13.8 Å². The smallest absolute Gasteiger partial charge is 0.339 e. The maximum atomic E-state index is 14.0. The third-order valence-corrected chi connectivity index (χ3v) is 6.21. The fourth-order valence-corrected chi connectivity index (χ4v) is 4.50. The third kappa shape index (κ3) is 6.36. The lowest BCUT2D eigenvalue weighted by atomic mass is 9.90. The van der Waals surface area contributed by atoms with E-state index in [4.69, 9.17) is 37.4 Å². The van der Waals surface area contributed by atoms with Gasteiger partial charge in [-0.05, 0) is 57.2 Å². The summed E-state index contributed by atoms with van der Waals surface area (Å²) in [6.45, 7) is 3.72. The molecule has 1 aliphatic carbocycles. The molecule has 1 amide bonds. The first-order valence-electron chi connectivity index (χ1n) is 11.5. The van der Waals surface area contributed by atoms with E-state index in [0.29, 0.717) is 46.0 Å². The fourth-order valence-electron chi connectivity index (χ4n) is 3.97. The molecule has 0 N–H and O–H groups in total. The van der Waals surface area contributed by atoms with Gasteiger partial charge in [0, 0.05) is 29.6 Å². The van der Waals surface area contributed by atoms with Crippen molar-refractivity contribution in [2.24, 2.45) is 0 Å². The average Bonchev–Trinajstić information content (AvgIpc) is 2.87. The highest BCUT2D eigenvalue weighted by Gasteiger charge is 2.30. The van der Waals surface area contributed by atoms with Gasteiger partial charge in [-0.1, -0.05) is 23.2 Å². The molecular formula is C26H28Cl2N2O6. The summed E-state index contributed by atoms with van der Waals surface area (Å²) in [5.74, 6) is -1.13. The Kier molecular flexibility index (Phi) is 9.34. The molecule has 0 unspecified atom stereocenters. The van der Waals surface area contributed by atoms with E-state index in [9.17, 15) is 14.4 Å². The van der Waals surface area contributed by atoms with Crippen molar-refractivity contribution in [1.82, 2.24) is 4.98 Å². The summed E-state index contributed by atoms with van der Waals surface area (Å²) in [6.07, 6.45) is 5.14. The van der Waals surface area contributed by atoms with Crippen LogP contribution in [0, 0.1) is 0 Å². The Morgan fingerprint density at radius 1 is 0.944 bits per heavy atom. The molecule has 8 nitrogen and oxygen atoms in total. The van der Waals surface area contributed by atoms with Crippen LogP contribution in [-0.2, 0) is 25.6 Å². The Labute approximate surface area is 220 Å². The van der Waals surface area contributed by atoms with Gasteiger partial charge in [0.1, 0.15) is 5.75 Å². The molecule has 1 aromatic carbocycles. The molecule has 1 heterocycles. The molecule has 0 saturated carbocycles. The van der Waals surface area contributed by atoms with Gasteiger partial charge in [0.05, 0.1) is 48.2 Å². The van der Waals surface area contributed by atoms with Crippen LogP contribution in [0.3, 0.4) is 0 Å². The number of amides is 1. The molecule has 0 spiro atoms. The molecule has 0 fully saturated rings. The van der Waals surface area contributed by atoms with Crippen molar-refractivity contribution in [1.29, 1.82) is 0 Å². The lowest BCUT2D eigenvalue weighted by Gasteiger charge is -2.28. The molecule has 36 heavy (non-hydrogen) atoms. The molecule has 0 atom stereocenters. The topological polar surface area (TPSA) is 95.0 Å². The summed E-state index contributed by atoms with van der Waals surface area (Å²) >= 11 is 12.9. The number of hydrogen-bond acceptors (Lipinski definition) is 7. The number of aromatic nitrogens is 1. The van der Waals surface area contributed by atoms with E-state index >= 15 is 0 Å². The predicted octanol–water partition coefficient (Wildman–Crippen LogP) is 5.54. The van der Waals surface area contributed by atoms with Crippen LogP contribution in [0.5, 0.6) is 5.75 Å². The van der Waals surface area contributed by atoms with Gasteiger partial charge in [-0.3, -0.25) is 9.78 Å². The molecule has 3 rings (SSSR count). The maximum absolute atomic E-state index is 14.0. The third-order valence-electron chi connectivity index (χ3n) is 5.61. The number of ether oxygens (including phenoxy) is 3. The average molecular weight is 535 g/mol. The molecular weight excluding hydrogens is 507 g/mol. The molecule has 0 aliphatic heterocycles. The molecule has 1 aliphatic rings. The van der Waals surface area contributed by atoms with E-state index in [-0.39, 0.29) is 23.2 Å². The van der Waals surface area contributed by atoms with E-state index in [1.54, 1.807) is 18.3 Å². The van der Waals surface area contributed by atoms with E-state index in [0.717, 1.165) is 12.8 Å². The van der Waals surface area contributed by atoms with Crippen molar-refractivity contribution in [3.05, 3.63) is 62.9 Å². The van der Waals surface area contributed by atoms with Gasteiger partial charge in [-0.25, -0.2) is 9.59 Å². The summed E-state index contributed by atoms with van der Waals surface area (Å²) in [5.41, 5.74) is 1.85. The van der Waals surface area contributed by atoms with Crippen LogP contribution in [0.1, 0.15) is 55.5 Å². The highest BCUT2D eigenvalue weighted by atomic mass is 35.5. The largest absolute Gasteiger partial charge is 0.489 e. The molecule has 0 radical (unpaired) electrons. The second-order valence-electron chi connectivity index (χ2n) is 8.52. The normalized spacial score (nSPS) is 13.4. The Morgan fingerprint density at radius 2 is 1.61 bits per heavy atom. The van der Waals surface area contributed by atoms with Crippen LogP contribution in [-0.4, -0.2) is 43.2 Å². The number of carbonyl (C=O) groups excluding carboxylic acids is 3. The Morgan fingerprint density at radius 3 is 2.25 bits per heavy atom. The molecule has 192 valence electrons. The minimum Gasteiger partial charge on any atom is -0.489 e. The summed E-state index contributed by atoms with van der Waals surface area (Å²) in [4.78, 5) is 44.1. The number of esters is 2. The van der Waals surface area contributed by atoms with Crippen LogP contribution < -0.4 is 9.64 Å². The van der Waals surface area contributed by atoms with Gasteiger partial charge in [0.25, 0.3) is 5.91 Å². The number of benzene rings is 1. The van der Waals surface area contributed by atoms with Crippen LogP contribution in [0.4, 0.5) is 5.69 Å². The molecule has 1 aromatic heterocycles.